The first kappa shape index (κ1) is 51.6. The summed E-state index contributed by atoms with van der Waals surface area (Å²) < 4.78 is 12.2. The molecule has 1 aliphatic heterocycles. The maximum Gasteiger partial charge on any atom is 0.126 e. The third-order valence-corrected chi connectivity index (χ3v) is 8.33. The quantitative estimate of drug-likeness (QED) is 0.105. The molecule has 0 amide bonds. The Morgan fingerprint density at radius 2 is 1.38 bits per heavy atom. The normalized spacial score (nSPS) is 13.7. The Morgan fingerprint density at radius 1 is 0.894 bits per heavy atom. The zero-order valence-electron chi connectivity index (χ0n) is 34.0. The molecule has 1 aliphatic rings. The summed E-state index contributed by atoms with van der Waals surface area (Å²) in [5.74, 6) is 4.96. The van der Waals surface area contributed by atoms with Gasteiger partial charge in [-0.1, -0.05) is 112 Å². The van der Waals surface area contributed by atoms with E-state index in [9.17, 15) is 0 Å². The number of ether oxygens (including phenoxy) is 2. The molecule has 0 radical (unpaired) electrons. The zero-order valence-corrected chi connectivity index (χ0v) is 34.0. The standard InChI is InChI=1S/C20H30O2.C16H34.C2H4O.C2H6.C2H4.CH5N/c1-13(2)9-7-8-12-21-19-15(4)16(5)20-18(17(19)6)11-10-14(3)22-20;1-6-9-15(4)12-8-13-16(5)11-7-10-14(2)3;1-2-3;3*1-2/h14H,1,7-12H2,2-6H3;14-16H,6-13H2,1-5H3;2-3H,1H2;1-2H3;1-2H2;2H2,1H3. The van der Waals surface area contributed by atoms with Crippen LogP contribution in [-0.4, -0.2) is 24.9 Å². The molecule has 3 unspecified atom stereocenters. The van der Waals surface area contributed by atoms with Gasteiger partial charge in [-0.15, -0.1) is 19.7 Å². The molecular weight excluding hydrogens is 578 g/mol. The van der Waals surface area contributed by atoms with Crippen molar-refractivity contribution in [2.45, 2.75) is 173 Å². The number of allylic oxidation sites excluding steroid dienone is 1. The Hall–Kier alpha value is -2.20. The van der Waals surface area contributed by atoms with E-state index < -0.39 is 0 Å². The highest BCUT2D eigenvalue weighted by atomic mass is 16.5. The van der Waals surface area contributed by atoms with Crippen molar-refractivity contribution in [2.75, 3.05) is 13.7 Å². The van der Waals surface area contributed by atoms with Gasteiger partial charge in [-0.3, -0.25) is 0 Å². The summed E-state index contributed by atoms with van der Waals surface area (Å²) in [7, 11) is 1.50. The fourth-order valence-corrected chi connectivity index (χ4v) is 5.61. The number of hydrogen-bond acceptors (Lipinski definition) is 4. The second kappa shape index (κ2) is 35.1. The highest BCUT2D eigenvalue weighted by Crippen LogP contribution is 2.41. The second-order valence-electron chi connectivity index (χ2n) is 13.2. The number of aliphatic hydroxyl groups is 1. The minimum absolute atomic E-state index is 0.318. The summed E-state index contributed by atoms with van der Waals surface area (Å²) in [6, 6.07) is 0. The molecule has 3 N–H and O–H groups in total. The molecule has 0 fully saturated rings. The molecule has 278 valence electrons. The third kappa shape index (κ3) is 26.4. The Labute approximate surface area is 295 Å². The number of rotatable bonds is 16. The summed E-state index contributed by atoms with van der Waals surface area (Å²) in [5.41, 5.74) is 10.8. The first-order valence-electron chi connectivity index (χ1n) is 18.8. The van der Waals surface area contributed by atoms with Gasteiger partial charge in [0.2, 0.25) is 0 Å². The van der Waals surface area contributed by atoms with Crippen LogP contribution in [0.3, 0.4) is 0 Å². The maximum atomic E-state index is 7.33. The molecule has 47 heavy (non-hydrogen) atoms. The SMILES string of the molecule is C=C.C=C(C)CCCCOc1c(C)c(C)c2c(c1C)CCC(C)O2.C=CO.CC.CCCC(C)CCCC(C)CCCC(C)C.CN. The summed E-state index contributed by atoms with van der Waals surface area (Å²) in [5, 5.41) is 7.33. The molecule has 0 spiro atoms. The number of benzene rings is 1. The van der Waals surface area contributed by atoms with Crippen LogP contribution in [0.2, 0.25) is 0 Å². The molecule has 0 bridgehead atoms. The molecule has 4 nitrogen and oxygen atoms in total. The van der Waals surface area contributed by atoms with E-state index in [1.807, 2.05) is 13.8 Å². The average Bonchev–Trinajstić information content (AvgIpc) is 3.04. The van der Waals surface area contributed by atoms with E-state index in [1.165, 1.54) is 86.2 Å². The van der Waals surface area contributed by atoms with Gasteiger partial charge in [0.25, 0.3) is 0 Å². The predicted molar refractivity (Wildman–Crippen MR) is 215 cm³/mol. The lowest BCUT2D eigenvalue weighted by molar-refractivity contribution is 0.189. The van der Waals surface area contributed by atoms with Crippen molar-refractivity contribution in [1.82, 2.24) is 0 Å². The third-order valence-electron chi connectivity index (χ3n) is 8.33. The van der Waals surface area contributed by atoms with E-state index in [1.54, 1.807) is 0 Å². The van der Waals surface area contributed by atoms with Crippen molar-refractivity contribution in [3.05, 3.63) is 60.4 Å². The fraction of sp³-hybridized carbons (Fsp3) is 0.721. The van der Waals surface area contributed by atoms with Gasteiger partial charge in [0, 0.05) is 5.56 Å². The smallest absolute Gasteiger partial charge is 0.126 e. The predicted octanol–water partition coefficient (Wildman–Crippen LogP) is 13.6. The summed E-state index contributed by atoms with van der Waals surface area (Å²) in [6.07, 6.45) is 18.0. The van der Waals surface area contributed by atoms with Crippen molar-refractivity contribution < 1.29 is 14.6 Å². The molecular formula is C43H83NO3. The van der Waals surface area contributed by atoms with E-state index >= 15 is 0 Å². The zero-order chi connectivity index (χ0) is 37.4. The van der Waals surface area contributed by atoms with Crippen LogP contribution < -0.4 is 15.2 Å². The number of fused-ring (bicyclic) bond motifs is 1. The molecule has 1 aromatic rings. The van der Waals surface area contributed by atoms with Crippen LogP contribution in [-0.2, 0) is 6.42 Å². The van der Waals surface area contributed by atoms with Gasteiger partial charge >= 0.3 is 0 Å². The van der Waals surface area contributed by atoms with Crippen molar-refractivity contribution in [3.8, 4) is 11.5 Å². The van der Waals surface area contributed by atoms with E-state index in [4.69, 9.17) is 14.6 Å². The van der Waals surface area contributed by atoms with Crippen LogP contribution in [0.15, 0.2) is 38.2 Å². The summed E-state index contributed by atoms with van der Waals surface area (Å²) in [4.78, 5) is 0. The first-order valence-corrected chi connectivity index (χ1v) is 18.8. The van der Waals surface area contributed by atoms with E-state index in [0.717, 1.165) is 74.2 Å². The van der Waals surface area contributed by atoms with Crippen LogP contribution in [0.4, 0.5) is 0 Å². The lowest BCUT2D eigenvalue weighted by atomic mass is 9.92. The molecule has 3 atom stereocenters. The Bertz CT molecular complexity index is 877. The summed E-state index contributed by atoms with van der Waals surface area (Å²) in [6.45, 7) is 40.2. The molecule has 0 saturated heterocycles. The van der Waals surface area contributed by atoms with Gasteiger partial charge in [0.05, 0.1) is 19.0 Å². The van der Waals surface area contributed by atoms with E-state index in [0.29, 0.717) is 6.10 Å². The molecule has 0 aromatic heterocycles. The highest BCUT2D eigenvalue weighted by molar-refractivity contribution is 5.58. The van der Waals surface area contributed by atoms with E-state index in [2.05, 4.69) is 101 Å². The monoisotopic (exact) mass is 662 g/mol. The molecule has 0 aliphatic carbocycles. The lowest BCUT2D eigenvalue weighted by Gasteiger charge is -2.29. The maximum absolute atomic E-state index is 7.33. The van der Waals surface area contributed by atoms with Crippen LogP contribution in [0.1, 0.15) is 162 Å². The second-order valence-corrected chi connectivity index (χ2v) is 13.2. The number of hydrogen-bond donors (Lipinski definition) is 2. The van der Waals surface area contributed by atoms with Crippen LogP contribution in [0, 0.1) is 38.5 Å². The largest absolute Gasteiger partial charge is 0.516 e. The van der Waals surface area contributed by atoms with Gasteiger partial charge in [0.1, 0.15) is 11.5 Å². The van der Waals surface area contributed by atoms with Crippen LogP contribution in [0.5, 0.6) is 11.5 Å². The van der Waals surface area contributed by atoms with E-state index in [-0.39, 0.29) is 0 Å². The topological polar surface area (TPSA) is 64.7 Å². The van der Waals surface area contributed by atoms with Crippen molar-refractivity contribution in [3.63, 3.8) is 0 Å². The van der Waals surface area contributed by atoms with Crippen LogP contribution >= 0.6 is 0 Å². The Kier molecular flexibility index (Phi) is 38.6. The fourth-order valence-electron chi connectivity index (χ4n) is 5.61. The molecule has 1 heterocycles. The Morgan fingerprint density at radius 3 is 1.85 bits per heavy atom. The highest BCUT2D eigenvalue weighted by Gasteiger charge is 2.24. The number of unbranched alkanes of at least 4 members (excludes halogenated alkanes) is 1. The molecule has 2 rings (SSSR count). The van der Waals surface area contributed by atoms with Gasteiger partial charge in [-0.05, 0) is 108 Å². The van der Waals surface area contributed by atoms with Crippen LogP contribution in [0.25, 0.3) is 0 Å². The number of nitrogens with two attached hydrogens (primary N) is 1. The lowest BCUT2D eigenvalue weighted by Crippen LogP contribution is -2.21. The molecule has 0 saturated carbocycles. The van der Waals surface area contributed by atoms with Gasteiger partial charge < -0.3 is 20.3 Å². The van der Waals surface area contributed by atoms with Gasteiger partial charge in [0.15, 0.2) is 0 Å². The van der Waals surface area contributed by atoms with Crippen molar-refractivity contribution in [2.24, 2.45) is 23.5 Å². The van der Waals surface area contributed by atoms with Gasteiger partial charge in [-0.2, -0.15) is 0 Å². The average molecular weight is 662 g/mol. The van der Waals surface area contributed by atoms with Gasteiger partial charge in [-0.25, -0.2) is 0 Å². The minimum atomic E-state index is 0.318. The molecule has 1 aromatic carbocycles. The van der Waals surface area contributed by atoms with Crippen molar-refractivity contribution in [1.29, 1.82) is 0 Å². The molecule has 4 heteroatoms. The van der Waals surface area contributed by atoms with Crippen molar-refractivity contribution >= 4 is 0 Å². The minimum Gasteiger partial charge on any atom is -0.516 e. The Balaban J connectivity index is -0.000000326. The number of aliphatic hydroxyl groups excluding tert-OH is 1. The summed E-state index contributed by atoms with van der Waals surface area (Å²) >= 11 is 0. The first-order chi connectivity index (χ1) is 22.4.